The van der Waals surface area contributed by atoms with Crippen LogP contribution < -0.4 is 5.32 Å². The fraction of sp³-hybridized carbons (Fsp3) is 0.231. The molecule has 0 amide bonds. The van der Waals surface area contributed by atoms with Crippen LogP contribution in [0.25, 0.3) is 11.1 Å². The zero-order valence-corrected chi connectivity index (χ0v) is 9.08. The van der Waals surface area contributed by atoms with E-state index in [1.807, 2.05) is 13.1 Å². The normalized spacial score (nSPS) is 10.5. The SMILES string of the molecule is CNCc1ccc(-c2ccoc2)c(C)c1. The largest absolute Gasteiger partial charge is 0.472 e. The summed E-state index contributed by atoms with van der Waals surface area (Å²) in [7, 11) is 1.96. The summed E-state index contributed by atoms with van der Waals surface area (Å²) in [6, 6.07) is 8.48. The first-order valence-corrected chi connectivity index (χ1v) is 5.08. The average Bonchev–Trinajstić information content (AvgIpc) is 2.71. The molecule has 2 aromatic rings. The number of hydrogen-bond donors (Lipinski definition) is 1. The maximum atomic E-state index is 5.09. The Kier molecular flexibility index (Phi) is 2.88. The van der Waals surface area contributed by atoms with E-state index in [9.17, 15) is 0 Å². The Morgan fingerprint density at radius 1 is 1.27 bits per heavy atom. The maximum Gasteiger partial charge on any atom is 0.0981 e. The molecule has 0 saturated carbocycles. The van der Waals surface area contributed by atoms with Gasteiger partial charge in [0.25, 0.3) is 0 Å². The second-order valence-electron chi connectivity index (χ2n) is 3.69. The van der Waals surface area contributed by atoms with Crippen molar-refractivity contribution in [2.45, 2.75) is 13.5 Å². The highest BCUT2D eigenvalue weighted by atomic mass is 16.3. The van der Waals surface area contributed by atoms with Crippen molar-refractivity contribution >= 4 is 0 Å². The molecule has 0 fully saturated rings. The Balaban J connectivity index is 2.35. The molecule has 1 N–H and O–H groups in total. The van der Waals surface area contributed by atoms with Crippen LogP contribution in [0.3, 0.4) is 0 Å². The molecule has 0 unspecified atom stereocenters. The molecule has 0 radical (unpaired) electrons. The van der Waals surface area contributed by atoms with E-state index in [-0.39, 0.29) is 0 Å². The Hall–Kier alpha value is -1.54. The van der Waals surface area contributed by atoms with E-state index in [0.29, 0.717) is 0 Å². The summed E-state index contributed by atoms with van der Waals surface area (Å²) in [4.78, 5) is 0. The maximum absolute atomic E-state index is 5.09. The van der Waals surface area contributed by atoms with E-state index >= 15 is 0 Å². The van der Waals surface area contributed by atoms with Crippen LogP contribution in [0.4, 0.5) is 0 Å². The van der Waals surface area contributed by atoms with E-state index in [1.54, 1.807) is 12.5 Å². The third-order valence-corrected chi connectivity index (χ3v) is 2.50. The van der Waals surface area contributed by atoms with Gasteiger partial charge in [-0.3, -0.25) is 0 Å². The van der Waals surface area contributed by atoms with Crippen LogP contribution in [0.2, 0.25) is 0 Å². The molecule has 0 aliphatic rings. The van der Waals surface area contributed by atoms with Gasteiger partial charge < -0.3 is 9.73 Å². The lowest BCUT2D eigenvalue weighted by atomic mass is 10.0. The van der Waals surface area contributed by atoms with Gasteiger partial charge in [0.05, 0.1) is 12.5 Å². The minimum absolute atomic E-state index is 0.909. The standard InChI is InChI=1S/C13H15NO/c1-10-7-11(8-14-2)3-4-13(10)12-5-6-15-9-12/h3-7,9,14H,8H2,1-2H3. The molecule has 0 bridgehead atoms. The Bertz CT molecular complexity index is 432. The summed E-state index contributed by atoms with van der Waals surface area (Å²) in [6.45, 7) is 3.04. The zero-order valence-electron chi connectivity index (χ0n) is 9.08. The lowest BCUT2D eigenvalue weighted by Crippen LogP contribution is -2.05. The number of rotatable bonds is 3. The van der Waals surface area contributed by atoms with Crippen LogP contribution in [0.5, 0.6) is 0 Å². The first-order valence-electron chi connectivity index (χ1n) is 5.08. The van der Waals surface area contributed by atoms with Crippen LogP contribution in [0.1, 0.15) is 11.1 Å². The van der Waals surface area contributed by atoms with Crippen LogP contribution in [-0.4, -0.2) is 7.05 Å². The molecular formula is C13H15NO. The lowest BCUT2D eigenvalue weighted by Gasteiger charge is -2.06. The van der Waals surface area contributed by atoms with Gasteiger partial charge in [-0.25, -0.2) is 0 Å². The Labute approximate surface area is 89.9 Å². The summed E-state index contributed by atoms with van der Waals surface area (Å²) in [5.74, 6) is 0. The topological polar surface area (TPSA) is 25.2 Å². The molecule has 1 heterocycles. The highest BCUT2D eigenvalue weighted by Gasteiger charge is 2.03. The highest BCUT2D eigenvalue weighted by Crippen LogP contribution is 2.24. The van der Waals surface area contributed by atoms with Gasteiger partial charge in [0, 0.05) is 12.1 Å². The summed E-state index contributed by atoms with van der Waals surface area (Å²) in [5.41, 5.74) is 4.97. The third-order valence-electron chi connectivity index (χ3n) is 2.50. The predicted molar refractivity (Wildman–Crippen MR) is 61.6 cm³/mol. The van der Waals surface area contributed by atoms with E-state index in [1.165, 1.54) is 16.7 Å². The van der Waals surface area contributed by atoms with Gasteiger partial charge in [0.15, 0.2) is 0 Å². The number of benzene rings is 1. The van der Waals surface area contributed by atoms with E-state index in [0.717, 1.165) is 12.1 Å². The Morgan fingerprint density at radius 3 is 2.73 bits per heavy atom. The van der Waals surface area contributed by atoms with Gasteiger partial charge in [-0.05, 0) is 36.7 Å². The zero-order chi connectivity index (χ0) is 10.7. The average molecular weight is 201 g/mol. The van der Waals surface area contributed by atoms with Crippen molar-refractivity contribution < 1.29 is 4.42 Å². The van der Waals surface area contributed by atoms with Crippen molar-refractivity contribution in [1.29, 1.82) is 0 Å². The second kappa shape index (κ2) is 4.32. The molecule has 78 valence electrons. The van der Waals surface area contributed by atoms with Gasteiger partial charge in [-0.15, -0.1) is 0 Å². The molecule has 0 aliphatic carbocycles. The molecule has 0 spiro atoms. The summed E-state index contributed by atoms with van der Waals surface area (Å²) >= 11 is 0. The molecule has 2 rings (SSSR count). The summed E-state index contributed by atoms with van der Waals surface area (Å²) in [5, 5.41) is 3.15. The van der Waals surface area contributed by atoms with Gasteiger partial charge in [0.2, 0.25) is 0 Å². The van der Waals surface area contributed by atoms with Crippen molar-refractivity contribution in [2.75, 3.05) is 7.05 Å². The molecule has 0 atom stereocenters. The molecule has 2 heteroatoms. The third kappa shape index (κ3) is 2.10. The van der Waals surface area contributed by atoms with E-state index < -0.39 is 0 Å². The number of nitrogens with one attached hydrogen (secondary N) is 1. The number of hydrogen-bond acceptors (Lipinski definition) is 2. The highest BCUT2D eigenvalue weighted by molar-refractivity contribution is 5.66. The summed E-state index contributed by atoms with van der Waals surface area (Å²) in [6.07, 6.45) is 3.48. The van der Waals surface area contributed by atoms with Crippen molar-refractivity contribution in [3.05, 3.63) is 47.9 Å². The molecule has 2 nitrogen and oxygen atoms in total. The van der Waals surface area contributed by atoms with Gasteiger partial charge in [-0.1, -0.05) is 18.2 Å². The van der Waals surface area contributed by atoms with Crippen molar-refractivity contribution in [2.24, 2.45) is 0 Å². The molecule has 0 aliphatic heterocycles. The van der Waals surface area contributed by atoms with Crippen LogP contribution in [-0.2, 0) is 6.54 Å². The van der Waals surface area contributed by atoms with Gasteiger partial charge >= 0.3 is 0 Å². The summed E-state index contributed by atoms with van der Waals surface area (Å²) < 4.78 is 5.09. The first kappa shape index (κ1) is 9.99. The van der Waals surface area contributed by atoms with Crippen LogP contribution in [0.15, 0.2) is 41.2 Å². The fourth-order valence-corrected chi connectivity index (χ4v) is 1.78. The van der Waals surface area contributed by atoms with Crippen molar-refractivity contribution in [3.63, 3.8) is 0 Å². The Morgan fingerprint density at radius 2 is 2.13 bits per heavy atom. The molecule has 15 heavy (non-hydrogen) atoms. The van der Waals surface area contributed by atoms with Gasteiger partial charge in [0.1, 0.15) is 0 Å². The van der Waals surface area contributed by atoms with Crippen LogP contribution in [0, 0.1) is 6.92 Å². The van der Waals surface area contributed by atoms with Crippen molar-refractivity contribution in [3.8, 4) is 11.1 Å². The number of furan rings is 1. The monoisotopic (exact) mass is 201 g/mol. The molecular weight excluding hydrogens is 186 g/mol. The quantitative estimate of drug-likeness (QED) is 0.825. The second-order valence-corrected chi connectivity index (χ2v) is 3.69. The number of aryl methyl sites for hydroxylation is 1. The predicted octanol–water partition coefficient (Wildman–Crippen LogP) is 2.97. The van der Waals surface area contributed by atoms with Crippen LogP contribution >= 0.6 is 0 Å². The van der Waals surface area contributed by atoms with Gasteiger partial charge in [-0.2, -0.15) is 0 Å². The molecule has 0 saturated heterocycles. The minimum Gasteiger partial charge on any atom is -0.472 e. The lowest BCUT2D eigenvalue weighted by molar-refractivity contribution is 0.568. The molecule has 1 aromatic heterocycles. The van der Waals surface area contributed by atoms with Crippen molar-refractivity contribution in [1.82, 2.24) is 5.32 Å². The van der Waals surface area contributed by atoms with E-state index in [2.05, 4.69) is 30.4 Å². The fourth-order valence-electron chi connectivity index (χ4n) is 1.78. The first-order chi connectivity index (χ1) is 7.31. The minimum atomic E-state index is 0.909. The van der Waals surface area contributed by atoms with E-state index in [4.69, 9.17) is 4.42 Å². The smallest absolute Gasteiger partial charge is 0.0981 e. The molecule has 1 aromatic carbocycles.